The predicted octanol–water partition coefficient (Wildman–Crippen LogP) is 4.54. The van der Waals surface area contributed by atoms with E-state index in [4.69, 9.17) is 5.26 Å². The normalized spacial score (nSPS) is 12.7. The summed E-state index contributed by atoms with van der Waals surface area (Å²) in [6.45, 7) is 1.21. The lowest BCUT2D eigenvalue weighted by Crippen LogP contribution is -2.45. The maximum atomic E-state index is 13.6. The molecule has 1 aromatic rings. The Hall–Kier alpha value is -2.02. The van der Waals surface area contributed by atoms with Gasteiger partial charge in [-0.25, -0.2) is 4.99 Å². The molecule has 0 aromatic heterocycles. The van der Waals surface area contributed by atoms with Crippen molar-refractivity contribution in [3.63, 3.8) is 0 Å². The van der Waals surface area contributed by atoms with Crippen molar-refractivity contribution in [2.45, 2.75) is 25.4 Å². The number of benzene rings is 1. The van der Waals surface area contributed by atoms with Gasteiger partial charge in [0.1, 0.15) is 5.71 Å². The molecule has 10 heteroatoms. The van der Waals surface area contributed by atoms with Gasteiger partial charge in [-0.3, -0.25) is 4.79 Å². The zero-order valence-electron chi connectivity index (χ0n) is 12.1. The summed E-state index contributed by atoms with van der Waals surface area (Å²) in [6.07, 6.45) is -7.25. The van der Waals surface area contributed by atoms with Gasteiger partial charge in [-0.2, -0.15) is 27.2 Å². The zero-order valence-corrected chi connectivity index (χ0v) is 13.7. The molecule has 0 heterocycles. The second-order valence-corrected chi connectivity index (χ2v) is 5.24. The Morgan fingerprint density at radius 2 is 1.96 bits per heavy atom. The summed E-state index contributed by atoms with van der Waals surface area (Å²) in [5, 5.41) is 8.71. The van der Waals surface area contributed by atoms with Crippen LogP contribution in [0.2, 0.25) is 0 Å². The molecule has 24 heavy (non-hydrogen) atoms. The number of hydrogen-bond donors (Lipinski definition) is 0. The molecule has 0 fully saturated rings. The van der Waals surface area contributed by atoms with Gasteiger partial charge in [-0.15, -0.1) is 0 Å². The summed E-state index contributed by atoms with van der Waals surface area (Å²) < 4.78 is 69.5. The van der Waals surface area contributed by atoms with Crippen molar-refractivity contribution in [1.29, 1.82) is 5.26 Å². The number of nitriles is 1. The molecule has 0 saturated heterocycles. The molecule has 0 N–H and O–H groups in total. The highest BCUT2D eigenvalue weighted by atomic mass is 79.9. The molecule has 0 amide bonds. The molecule has 0 radical (unpaired) electrons. The number of halogens is 6. The van der Waals surface area contributed by atoms with Crippen LogP contribution < -0.4 is 0 Å². The van der Waals surface area contributed by atoms with E-state index in [9.17, 15) is 26.7 Å². The maximum Gasteiger partial charge on any atom is 0.459 e. The first-order valence-corrected chi connectivity index (χ1v) is 7.20. The van der Waals surface area contributed by atoms with E-state index in [0.29, 0.717) is 0 Å². The van der Waals surface area contributed by atoms with Crippen LogP contribution in [0.1, 0.15) is 18.9 Å². The number of rotatable bonds is 5. The molecule has 130 valence electrons. The van der Waals surface area contributed by atoms with Crippen molar-refractivity contribution in [2.24, 2.45) is 4.99 Å². The summed E-state index contributed by atoms with van der Waals surface area (Å²) in [6, 6.07) is 5.25. The Labute approximate surface area is 142 Å². The minimum Gasteiger partial charge on any atom is -0.466 e. The van der Waals surface area contributed by atoms with Gasteiger partial charge in [0.05, 0.1) is 30.3 Å². The molecule has 4 nitrogen and oxygen atoms in total. The SMILES string of the molecule is CCOC(=O)CC(=Nc1ccc(C#N)cc1Br)C(F)(F)C(F)(F)F. The number of ether oxygens (including phenoxy) is 1. The summed E-state index contributed by atoms with van der Waals surface area (Å²) in [5.41, 5.74) is -1.83. The number of hydrogen-bond acceptors (Lipinski definition) is 4. The van der Waals surface area contributed by atoms with E-state index in [1.807, 2.05) is 0 Å². The summed E-state index contributed by atoms with van der Waals surface area (Å²) in [5.74, 6) is -6.57. The predicted molar refractivity (Wildman–Crippen MR) is 78.2 cm³/mol. The molecule has 0 aliphatic rings. The Morgan fingerprint density at radius 1 is 1.33 bits per heavy atom. The highest BCUT2D eigenvalue weighted by Gasteiger charge is 2.61. The molecule has 0 spiro atoms. The minimum atomic E-state index is -5.92. The summed E-state index contributed by atoms with van der Waals surface area (Å²) in [7, 11) is 0. The standard InChI is InChI=1S/C14H10BrF5N2O2/c1-2-24-12(23)6-11(13(16,17)14(18,19)20)22-10-4-3-8(7-21)5-9(10)15/h3-5H,2,6H2,1H3. The fourth-order valence-corrected chi connectivity index (χ4v) is 2.01. The number of nitrogens with zero attached hydrogens (tertiary/aromatic N) is 2. The van der Waals surface area contributed by atoms with Gasteiger partial charge in [0, 0.05) is 4.47 Å². The first-order chi connectivity index (χ1) is 11.0. The fourth-order valence-electron chi connectivity index (χ4n) is 1.55. The Bertz CT molecular complexity index is 695. The number of alkyl halides is 5. The van der Waals surface area contributed by atoms with Gasteiger partial charge in [-0.1, -0.05) is 0 Å². The van der Waals surface area contributed by atoms with E-state index in [1.54, 1.807) is 6.07 Å². The van der Waals surface area contributed by atoms with Crippen molar-refractivity contribution >= 4 is 33.3 Å². The third-order valence-corrected chi connectivity index (χ3v) is 3.30. The van der Waals surface area contributed by atoms with E-state index < -0.39 is 30.2 Å². The number of carbonyl (C=O) groups is 1. The average molecular weight is 413 g/mol. The Morgan fingerprint density at radius 3 is 2.42 bits per heavy atom. The zero-order chi connectivity index (χ0) is 18.5. The maximum absolute atomic E-state index is 13.6. The molecule has 1 aromatic carbocycles. The minimum absolute atomic E-state index is 0.0286. The van der Waals surface area contributed by atoms with Gasteiger partial charge in [0.15, 0.2) is 0 Å². The quantitative estimate of drug-likeness (QED) is 0.405. The molecule has 0 bridgehead atoms. The highest BCUT2D eigenvalue weighted by molar-refractivity contribution is 9.10. The highest BCUT2D eigenvalue weighted by Crippen LogP contribution is 2.39. The largest absolute Gasteiger partial charge is 0.466 e. The van der Waals surface area contributed by atoms with Crippen LogP contribution in [0.15, 0.2) is 27.7 Å². The van der Waals surface area contributed by atoms with Crippen molar-refractivity contribution in [3.8, 4) is 6.07 Å². The number of carbonyl (C=O) groups excluding carboxylic acids is 1. The van der Waals surface area contributed by atoms with Gasteiger partial charge < -0.3 is 4.74 Å². The van der Waals surface area contributed by atoms with Crippen LogP contribution in [-0.4, -0.2) is 30.4 Å². The van der Waals surface area contributed by atoms with Crippen molar-refractivity contribution in [3.05, 3.63) is 28.2 Å². The summed E-state index contributed by atoms with van der Waals surface area (Å²) in [4.78, 5) is 14.6. The second kappa shape index (κ2) is 7.70. The van der Waals surface area contributed by atoms with E-state index >= 15 is 0 Å². The number of aliphatic imine (C=N–C) groups is 1. The average Bonchev–Trinajstić information content (AvgIpc) is 2.47. The van der Waals surface area contributed by atoms with Crippen LogP contribution in [0.3, 0.4) is 0 Å². The van der Waals surface area contributed by atoms with Gasteiger partial charge in [-0.05, 0) is 41.1 Å². The van der Waals surface area contributed by atoms with Crippen molar-refractivity contribution < 1.29 is 31.5 Å². The Balaban J connectivity index is 3.37. The van der Waals surface area contributed by atoms with Crippen molar-refractivity contribution in [1.82, 2.24) is 0 Å². The molecule has 0 aliphatic carbocycles. The Kier molecular flexibility index (Phi) is 6.42. The lowest BCUT2D eigenvalue weighted by Gasteiger charge is -2.21. The molecule has 0 saturated carbocycles. The third-order valence-electron chi connectivity index (χ3n) is 2.67. The molecule has 0 aliphatic heterocycles. The first-order valence-electron chi connectivity index (χ1n) is 6.40. The van der Waals surface area contributed by atoms with Crippen LogP contribution in [0, 0.1) is 11.3 Å². The van der Waals surface area contributed by atoms with Crippen LogP contribution >= 0.6 is 15.9 Å². The molecule has 0 unspecified atom stereocenters. The first kappa shape index (κ1) is 20.0. The van der Waals surface area contributed by atoms with Crippen molar-refractivity contribution in [2.75, 3.05) is 6.61 Å². The second-order valence-electron chi connectivity index (χ2n) is 4.39. The molecule has 1 rings (SSSR count). The van der Waals surface area contributed by atoms with Crippen LogP contribution in [0.5, 0.6) is 0 Å². The fraction of sp³-hybridized carbons (Fsp3) is 0.357. The molecular weight excluding hydrogens is 403 g/mol. The van der Waals surface area contributed by atoms with E-state index in [0.717, 1.165) is 6.07 Å². The summed E-state index contributed by atoms with van der Waals surface area (Å²) >= 11 is 2.93. The molecular formula is C14H10BrF5N2O2. The topological polar surface area (TPSA) is 62.4 Å². The third kappa shape index (κ3) is 4.74. The lowest BCUT2D eigenvalue weighted by molar-refractivity contribution is -0.249. The number of esters is 1. The smallest absolute Gasteiger partial charge is 0.459 e. The van der Waals surface area contributed by atoms with Crippen LogP contribution in [0.4, 0.5) is 27.6 Å². The van der Waals surface area contributed by atoms with Gasteiger partial charge >= 0.3 is 18.1 Å². The van der Waals surface area contributed by atoms with Crippen LogP contribution in [0.25, 0.3) is 0 Å². The van der Waals surface area contributed by atoms with Crippen LogP contribution in [-0.2, 0) is 9.53 Å². The van der Waals surface area contributed by atoms with E-state index in [2.05, 4.69) is 25.7 Å². The van der Waals surface area contributed by atoms with E-state index in [1.165, 1.54) is 19.1 Å². The van der Waals surface area contributed by atoms with Gasteiger partial charge in [0.25, 0.3) is 0 Å². The van der Waals surface area contributed by atoms with E-state index in [-0.39, 0.29) is 22.3 Å². The van der Waals surface area contributed by atoms with Gasteiger partial charge in [0.2, 0.25) is 0 Å². The lowest BCUT2D eigenvalue weighted by atomic mass is 10.1. The molecule has 0 atom stereocenters. The monoisotopic (exact) mass is 412 g/mol.